The number of aromatic nitrogens is 1. The smallest absolute Gasteiger partial charge is 0.121 e. The molecular weight excluding hydrogens is 240 g/mol. The highest BCUT2D eigenvalue weighted by molar-refractivity contribution is 5.79. The highest BCUT2D eigenvalue weighted by Gasteiger charge is 2.24. The van der Waals surface area contributed by atoms with Gasteiger partial charge in [-0.15, -0.1) is 0 Å². The van der Waals surface area contributed by atoms with Crippen molar-refractivity contribution in [2.24, 2.45) is 5.73 Å². The first-order valence-corrected chi connectivity index (χ1v) is 6.68. The van der Waals surface area contributed by atoms with E-state index in [4.69, 9.17) is 15.2 Å². The van der Waals surface area contributed by atoms with E-state index in [1.54, 1.807) is 6.20 Å². The maximum atomic E-state index is 5.79. The van der Waals surface area contributed by atoms with Crippen LogP contribution in [0.3, 0.4) is 0 Å². The van der Waals surface area contributed by atoms with Crippen molar-refractivity contribution in [1.29, 1.82) is 0 Å². The average molecular weight is 258 g/mol. The number of nitrogens with zero attached hydrogens (tertiary/aromatic N) is 1. The van der Waals surface area contributed by atoms with Crippen molar-refractivity contribution in [2.75, 3.05) is 13.2 Å². The summed E-state index contributed by atoms with van der Waals surface area (Å²) < 4.78 is 11.5. The van der Waals surface area contributed by atoms with E-state index in [1.165, 1.54) is 0 Å². The lowest BCUT2D eigenvalue weighted by molar-refractivity contribution is 0.0222. The van der Waals surface area contributed by atoms with Crippen molar-refractivity contribution in [3.05, 3.63) is 36.5 Å². The van der Waals surface area contributed by atoms with Crippen LogP contribution in [-0.2, 0) is 4.74 Å². The van der Waals surface area contributed by atoms with Crippen LogP contribution in [0.1, 0.15) is 12.8 Å². The summed E-state index contributed by atoms with van der Waals surface area (Å²) in [6.07, 6.45) is 4.20. The van der Waals surface area contributed by atoms with Crippen LogP contribution in [0.4, 0.5) is 0 Å². The van der Waals surface area contributed by atoms with E-state index in [0.717, 1.165) is 29.5 Å². The van der Waals surface area contributed by atoms with E-state index in [-0.39, 0.29) is 12.2 Å². The first-order chi connectivity index (χ1) is 9.35. The summed E-state index contributed by atoms with van der Waals surface area (Å²) in [5.41, 5.74) is 6.54. The highest BCUT2D eigenvalue weighted by Crippen LogP contribution is 2.22. The molecule has 1 saturated heterocycles. The van der Waals surface area contributed by atoms with Gasteiger partial charge in [-0.1, -0.05) is 6.07 Å². The van der Waals surface area contributed by atoms with Crippen LogP contribution in [0, 0.1) is 0 Å². The van der Waals surface area contributed by atoms with Gasteiger partial charge in [0.25, 0.3) is 0 Å². The largest absolute Gasteiger partial charge is 0.491 e. The molecule has 4 heteroatoms. The predicted octanol–water partition coefficient (Wildman–Crippen LogP) is 2.12. The fraction of sp³-hybridized carbons (Fsp3) is 0.400. The monoisotopic (exact) mass is 258 g/mol. The Morgan fingerprint density at radius 1 is 1.26 bits per heavy atom. The van der Waals surface area contributed by atoms with Crippen LogP contribution in [0.25, 0.3) is 10.9 Å². The maximum Gasteiger partial charge on any atom is 0.121 e. The minimum Gasteiger partial charge on any atom is -0.491 e. The average Bonchev–Trinajstić information content (AvgIpc) is 2.93. The summed E-state index contributed by atoms with van der Waals surface area (Å²) in [4.78, 5) is 4.32. The molecule has 0 amide bonds. The summed E-state index contributed by atoms with van der Waals surface area (Å²) in [5, 5.41) is 1.12. The molecule has 2 aromatic rings. The molecule has 1 aromatic carbocycles. The Morgan fingerprint density at radius 2 is 2.16 bits per heavy atom. The molecule has 0 bridgehead atoms. The van der Waals surface area contributed by atoms with Crippen molar-refractivity contribution < 1.29 is 9.47 Å². The number of benzene rings is 1. The van der Waals surface area contributed by atoms with E-state index >= 15 is 0 Å². The molecule has 0 radical (unpaired) electrons. The number of nitrogens with two attached hydrogens (primary N) is 1. The zero-order valence-electron chi connectivity index (χ0n) is 10.8. The molecule has 19 heavy (non-hydrogen) atoms. The molecule has 0 spiro atoms. The number of fused-ring (bicyclic) bond motifs is 1. The SMILES string of the molecule is NCC1CCC(COc2ccc3cccnc3c2)O1. The third-order valence-electron chi connectivity index (χ3n) is 3.47. The second-order valence-electron chi connectivity index (χ2n) is 4.86. The van der Waals surface area contributed by atoms with Gasteiger partial charge in [-0.05, 0) is 31.0 Å². The first kappa shape index (κ1) is 12.4. The topological polar surface area (TPSA) is 57.4 Å². The molecule has 1 aliphatic rings. The molecule has 2 atom stereocenters. The van der Waals surface area contributed by atoms with Gasteiger partial charge in [0.15, 0.2) is 0 Å². The van der Waals surface area contributed by atoms with Crippen LogP contribution >= 0.6 is 0 Å². The van der Waals surface area contributed by atoms with Gasteiger partial charge >= 0.3 is 0 Å². The standard InChI is InChI=1S/C15H18N2O2/c16-9-13-5-6-14(19-13)10-18-12-4-3-11-2-1-7-17-15(11)8-12/h1-4,7-8,13-14H,5-6,9-10,16H2. The van der Waals surface area contributed by atoms with Gasteiger partial charge in [0.2, 0.25) is 0 Å². The van der Waals surface area contributed by atoms with E-state index in [0.29, 0.717) is 13.2 Å². The van der Waals surface area contributed by atoms with Crippen LogP contribution in [-0.4, -0.2) is 30.3 Å². The summed E-state index contributed by atoms with van der Waals surface area (Å²) in [6, 6.07) is 9.93. The van der Waals surface area contributed by atoms with Gasteiger partial charge in [0.1, 0.15) is 12.4 Å². The van der Waals surface area contributed by atoms with E-state index in [9.17, 15) is 0 Å². The molecule has 2 heterocycles. The molecule has 2 unspecified atom stereocenters. The normalized spacial score (nSPS) is 22.8. The van der Waals surface area contributed by atoms with Gasteiger partial charge in [-0.25, -0.2) is 0 Å². The fourth-order valence-electron chi connectivity index (χ4n) is 2.40. The molecule has 1 fully saturated rings. The lowest BCUT2D eigenvalue weighted by atomic mass is 10.2. The van der Waals surface area contributed by atoms with E-state index in [2.05, 4.69) is 4.98 Å². The summed E-state index contributed by atoms with van der Waals surface area (Å²) >= 11 is 0. The van der Waals surface area contributed by atoms with E-state index in [1.807, 2.05) is 30.3 Å². The summed E-state index contributed by atoms with van der Waals surface area (Å²) in [6.45, 7) is 1.17. The van der Waals surface area contributed by atoms with Gasteiger partial charge < -0.3 is 15.2 Å². The summed E-state index contributed by atoms with van der Waals surface area (Å²) in [5.74, 6) is 0.839. The Balaban J connectivity index is 1.62. The third kappa shape index (κ3) is 2.85. The van der Waals surface area contributed by atoms with Crippen LogP contribution in [0.2, 0.25) is 0 Å². The van der Waals surface area contributed by atoms with Gasteiger partial charge in [-0.3, -0.25) is 4.98 Å². The second kappa shape index (κ2) is 5.55. The number of hydrogen-bond acceptors (Lipinski definition) is 4. The van der Waals surface area contributed by atoms with Crippen LogP contribution < -0.4 is 10.5 Å². The number of hydrogen-bond donors (Lipinski definition) is 1. The molecule has 2 N–H and O–H groups in total. The van der Waals surface area contributed by atoms with E-state index < -0.39 is 0 Å². The third-order valence-corrected chi connectivity index (χ3v) is 3.47. The van der Waals surface area contributed by atoms with Crippen molar-refractivity contribution in [2.45, 2.75) is 25.0 Å². The molecule has 0 aliphatic carbocycles. The zero-order chi connectivity index (χ0) is 13.1. The Kier molecular flexibility index (Phi) is 3.62. The van der Waals surface area contributed by atoms with Gasteiger partial charge in [-0.2, -0.15) is 0 Å². The quantitative estimate of drug-likeness (QED) is 0.912. The first-order valence-electron chi connectivity index (χ1n) is 6.68. The maximum absolute atomic E-state index is 5.79. The molecule has 4 nitrogen and oxygen atoms in total. The van der Waals surface area contributed by atoms with Crippen LogP contribution in [0.5, 0.6) is 5.75 Å². The van der Waals surface area contributed by atoms with Gasteiger partial charge in [0.05, 0.1) is 17.7 Å². The van der Waals surface area contributed by atoms with Crippen molar-refractivity contribution in [1.82, 2.24) is 4.98 Å². The second-order valence-corrected chi connectivity index (χ2v) is 4.86. The lowest BCUT2D eigenvalue weighted by Gasteiger charge is -2.13. The Morgan fingerprint density at radius 3 is 3.00 bits per heavy atom. The summed E-state index contributed by atoms with van der Waals surface area (Å²) in [7, 11) is 0. The number of rotatable bonds is 4. The Bertz CT molecular complexity index is 559. The minimum atomic E-state index is 0.160. The van der Waals surface area contributed by atoms with Crippen molar-refractivity contribution >= 4 is 10.9 Å². The minimum absolute atomic E-state index is 0.160. The molecule has 100 valence electrons. The van der Waals surface area contributed by atoms with Gasteiger partial charge in [0, 0.05) is 24.2 Å². The van der Waals surface area contributed by atoms with Crippen LogP contribution in [0.15, 0.2) is 36.5 Å². The highest BCUT2D eigenvalue weighted by atomic mass is 16.5. The zero-order valence-corrected chi connectivity index (χ0v) is 10.8. The predicted molar refractivity (Wildman–Crippen MR) is 74.2 cm³/mol. The molecule has 1 aliphatic heterocycles. The number of ether oxygens (including phenoxy) is 2. The van der Waals surface area contributed by atoms with Crippen molar-refractivity contribution in [3.63, 3.8) is 0 Å². The number of pyridine rings is 1. The van der Waals surface area contributed by atoms with Crippen molar-refractivity contribution in [3.8, 4) is 5.75 Å². The Hall–Kier alpha value is -1.65. The molecule has 0 saturated carbocycles. The lowest BCUT2D eigenvalue weighted by Crippen LogP contribution is -2.23. The molecule has 1 aromatic heterocycles. The fourth-order valence-corrected chi connectivity index (χ4v) is 2.40. The Labute approximate surface area is 112 Å². The molecule has 3 rings (SSSR count). The molecular formula is C15H18N2O2.